The number of hydrogen-bond donors (Lipinski definition) is 1. The van der Waals surface area contributed by atoms with Crippen molar-refractivity contribution in [2.24, 2.45) is 0 Å². The molecule has 0 aliphatic carbocycles. The molecule has 0 aliphatic rings. The van der Waals surface area contributed by atoms with Gasteiger partial charge in [0.25, 0.3) is 0 Å². The number of aromatic hydroxyl groups is 1. The number of benzene rings is 2. The third kappa shape index (κ3) is 6.93. The summed E-state index contributed by atoms with van der Waals surface area (Å²) in [5.41, 5.74) is 3.75. The van der Waals surface area contributed by atoms with Gasteiger partial charge in [0.15, 0.2) is 25.1 Å². The van der Waals surface area contributed by atoms with Crippen LogP contribution in [-0.4, -0.2) is 47.1 Å². The van der Waals surface area contributed by atoms with E-state index in [4.69, 9.17) is 28.4 Å². The Balaban J connectivity index is 2.49. The van der Waals surface area contributed by atoms with Gasteiger partial charge < -0.3 is 33.5 Å². The predicted octanol–water partition coefficient (Wildman–Crippen LogP) is 5.05. The van der Waals surface area contributed by atoms with Crippen molar-refractivity contribution in [3.05, 3.63) is 52.6 Å². The first kappa shape index (κ1) is 25.1. The zero-order chi connectivity index (χ0) is 23.5. The molecule has 1 N–H and O–H groups in total. The first-order valence-corrected chi connectivity index (χ1v) is 10.1. The normalized spacial score (nSPS) is 10.8. The summed E-state index contributed by atoms with van der Waals surface area (Å²) in [6.07, 6.45) is 6.56. The van der Waals surface area contributed by atoms with Crippen LogP contribution in [0.3, 0.4) is 0 Å². The molecule has 32 heavy (non-hydrogen) atoms. The van der Waals surface area contributed by atoms with Crippen molar-refractivity contribution in [1.82, 2.24) is 0 Å². The van der Waals surface area contributed by atoms with Crippen LogP contribution in [0.1, 0.15) is 30.5 Å². The molecular weight excluding hydrogens is 412 g/mol. The summed E-state index contributed by atoms with van der Waals surface area (Å²) in [5, 5.41) is 10.1. The summed E-state index contributed by atoms with van der Waals surface area (Å²) in [7, 11) is 6.14. The van der Waals surface area contributed by atoms with Gasteiger partial charge in [-0.05, 0) is 55.7 Å². The molecule has 2 aromatic carbocycles. The van der Waals surface area contributed by atoms with Gasteiger partial charge in [0, 0.05) is 19.8 Å². The molecule has 0 spiro atoms. The number of hydrogen-bond acceptors (Lipinski definition) is 7. The summed E-state index contributed by atoms with van der Waals surface area (Å²) in [6, 6.07) is 7.31. The second-order valence-corrected chi connectivity index (χ2v) is 7.19. The summed E-state index contributed by atoms with van der Waals surface area (Å²) in [6.45, 7) is 4.32. The van der Waals surface area contributed by atoms with E-state index in [9.17, 15) is 5.11 Å². The Bertz CT molecular complexity index is 889. The molecule has 0 fully saturated rings. The third-order valence-electron chi connectivity index (χ3n) is 4.54. The van der Waals surface area contributed by atoms with Gasteiger partial charge in [0.05, 0.1) is 14.2 Å². The van der Waals surface area contributed by atoms with E-state index in [1.165, 1.54) is 19.8 Å². The highest BCUT2D eigenvalue weighted by Gasteiger charge is 2.14. The molecule has 7 nitrogen and oxygen atoms in total. The van der Waals surface area contributed by atoms with Crippen molar-refractivity contribution in [3.8, 4) is 28.7 Å². The van der Waals surface area contributed by atoms with E-state index >= 15 is 0 Å². The Morgan fingerprint density at radius 3 is 1.56 bits per heavy atom. The molecule has 2 aromatic rings. The Morgan fingerprint density at radius 1 is 0.750 bits per heavy atom. The van der Waals surface area contributed by atoms with E-state index in [1.807, 2.05) is 38.1 Å². The zero-order valence-corrected chi connectivity index (χ0v) is 19.6. The quantitative estimate of drug-likeness (QED) is 0.279. The lowest BCUT2D eigenvalue weighted by atomic mass is 10.0. The van der Waals surface area contributed by atoms with Crippen molar-refractivity contribution in [1.29, 1.82) is 0 Å². The Hall–Kier alpha value is -3.16. The lowest BCUT2D eigenvalue weighted by Crippen LogP contribution is -2.06. The van der Waals surface area contributed by atoms with Crippen LogP contribution in [0, 0.1) is 0 Å². The standard InChI is InChI=1S/C25H32O7/c1-17(2)7-10-20-21(31-15-27-3)11-18(12-22(20)32-16-28-4)8-9-19-13-23(29-5)25(26)24(14-19)30-6/h7-9,11-14,26H,10,15-16H2,1-6H3. The number of phenolic OH excluding ortho intramolecular Hbond substituents is 1. The molecule has 0 saturated heterocycles. The highest BCUT2D eigenvalue weighted by atomic mass is 16.7. The predicted molar refractivity (Wildman–Crippen MR) is 125 cm³/mol. The SMILES string of the molecule is COCOc1cc(C=Cc2cc(OC)c(O)c(OC)c2)cc(OCOC)c1CC=C(C)C. The molecule has 0 aromatic heterocycles. The number of allylic oxidation sites excluding steroid dienone is 2. The zero-order valence-electron chi connectivity index (χ0n) is 19.6. The smallest absolute Gasteiger partial charge is 0.200 e. The molecule has 0 unspecified atom stereocenters. The second kappa shape index (κ2) is 12.6. The first-order valence-electron chi connectivity index (χ1n) is 10.1. The maximum Gasteiger partial charge on any atom is 0.200 e. The molecule has 7 heteroatoms. The van der Waals surface area contributed by atoms with Crippen LogP contribution in [-0.2, 0) is 15.9 Å². The van der Waals surface area contributed by atoms with Crippen molar-refractivity contribution < 1.29 is 33.5 Å². The van der Waals surface area contributed by atoms with E-state index in [0.717, 1.165) is 16.7 Å². The van der Waals surface area contributed by atoms with Crippen LogP contribution >= 0.6 is 0 Å². The molecule has 0 heterocycles. The highest BCUT2D eigenvalue weighted by Crippen LogP contribution is 2.38. The van der Waals surface area contributed by atoms with E-state index < -0.39 is 0 Å². The van der Waals surface area contributed by atoms with Crippen LogP contribution in [0.2, 0.25) is 0 Å². The Kier molecular flexibility index (Phi) is 9.91. The fourth-order valence-corrected chi connectivity index (χ4v) is 2.95. The van der Waals surface area contributed by atoms with Gasteiger partial charge in [0.2, 0.25) is 5.75 Å². The van der Waals surface area contributed by atoms with Crippen molar-refractivity contribution in [2.75, 3.05) is 42.0 Å². The maximum atomic E-state index is 10.1. The molecule has 0 saturated carbocycles. The summed E-state index contributed by atoms with van der Waals surface area (Å²) < 4.78 is 32.4. The Labute approximate surface area is 189 Å². The molecular formula is C25H32O7. The summed E-state index contributed by atoms with van der Waals surface area (Å²) in [4.78, 5) is 0. The van der Waals surface area contributed by atoms with Crippen LogP contribution in [0.5, 0.6) is 28.7 Å². The molecule has 0 bridgehead atoms. The number of rotatable bonds is 12. The maximum absolute atomic E-state index is 10.1. The topological polar surface area (TPSA) is 75.6 Å². The second-order valence-electron chi connectivity index (χ2n) is 7.19. The molecule has 174 valence electrons. The van der Waals surface area contributed by atoms with E-state index in [2.05, 4.69) is 6.08 Å². The van der Waals surface area contributed by atoms with E-state index in [-0.39, 0.29) is 19.3 Å². The molecule has 0 amide bonds. The Morgan fingerprint density at radius 2 is 1.19 bits per heavy atom. The van der Waals surface area contributed by atoms with E-state index in [1.54, 1.807) is 26.4 Å². The van der Waals surface area contributed by atoms with Crippen LogP contribution < -0.4 is 18.9 Å². The number of ether oxygens (including phenoxy) is 6. The van der Waals surface area contributed by atoms with Crippen LogP contribution in [0.15, 0.2) is 35.9 Å². The van der Waals surface area contributed by atoms with Crippen LogP contribution in [0.25, 0.3) is 12.2 Å². The third-order valence-corrected chi connectivity index (χ3v) is 4.54. The fraction of sp³-hybridized carbons (Fsp3) is 0.360. The fourth-order valence-electron chi connectivity index (χ4n) is 2.95. The number of phenols is 1. The number of methoxy groups -OCH3 is 4. The minimum atomic E-state index is -0.0405. The first-order chi connectivity index (χ1) is 15.4. The minimum Gasteiger partial charge on any atom is -0.502 e. The highest BCUT2D eigenvalue weighted by molar-refractivity contribution is 5.74. The van der Waals surface area contributed by atoms with Gasteiger partial charge in [-0.3, -0.25) is 0 Å². The van der Waals surface area contributed by atoms with Crippen molar-refractivity contribution in [3.63, 3.8) is 0 Å². The van der Waals surface area contributed by atoms with Crippen molar-refractivity contribution in [2.45, 2.75) is 20.3 Å². The van der Waals surface area contributed by atoms with Gasteiger partial charge in [-0.25, -0.2) is 0 Å². The van der Waals surface area contributed by atoms with Gasteiger partial charge in [0.1, 0.15) is 11.5 Å². The minimum absolute atomic E-state index is 0.0405. The molecule has 0 atom stereocenters. The van der Waals surface area contributed by atoms with E-state index in [0.29, 0.717) is 29.4 Å². The monoisotopic (exact) mass is 444 g/mol. The lowest BCUT2D eigenvalue weighted by molar-refractivity contribution is 0.0448. The molecule has 2 rings (SSSR count). The largest absolute Gasteiger partial charge is 0.502 e. The summed E-state index contributed by atoms with van der Waals surface area (Å²) in [5.74, 6) is 1.95. The van der Waals surface area contributed by atoms with Gasteiger partial charge in [-0.2, -0.15) is 0 Å². The average Bonchev–Trinajstić information content (AvgIpc) is 2.79. The van der Waals surface area contributed by atoms with Crippen LogP contribution in [0.4, 0.5) is 0 Å². The van der Waals surface area contributed by atoms with Gasteiger partial charge in [-0.1, -0.05) is 23.8 Å². The van der Waals surface area contributed by atoms with Crippen molar-refractivity contribution >= 4 is 12.2 Å². The molecule has 0 radical (unpaired) electrons. The van der Waals surface area contributed by atoms with Gasteiger partial charge in [-0.15, -0.1) is 0 Å². The molecule has 0 aliphatic heterocycles. The average molecular weight is 445 g/mol. The van der Waals surface area contributed by atoms with Gasteiger partial charge >= 0.3 is 0 Å². The lowest BCUT2D eigenvalue weighted by Gasteiger charge is -2.16. The summed E-state index contributed by atoms with van der Waals surface area (Å²) >= 11 is 0.